The minimum atomic E-state index is -4.32. The zero-order valence-electron chi connectivity index (χ0n) is 17.9. The summed E-state index contributed by atoms with van der Waals surface area (Å²) in [4.78, 5) is 31.6. The standard InChI is InChI=1S/C22H23F3N6O2/c1-2-12-7-11(9-14-17(19(33)18(14)32)26-6-4-22(23,24)25)8-13(12)21-30-29-16-10-28-20-15(31(16)21)3-5-27-20/h3,5,10-13,26-27H,2,4,6-9H2,1H3/t11-,12+,13?/m0/s1. The summed E-state index contributed by atoms with van der Waals surface area (Å²) in [5.41, 5.74) is 1.36. The van der Waals surface area contributed by atoms with Crippen molar-refractivity contribution in [2.45, 2.75) is 51.1 Å². The fraction of sp³-hybridized carbons (Fsp3) is 0.500. The van der Waals surface area contributed by atoms with Gasteiger partial charge < -0.3 is 10.3 Å². The maximum absolute atomic E-state index is 12.4. The SMILES string of the molecule is CC[C@@H]1C[C@H](Cc2c(NCCC(F)(F)F)c(=O)c2=O)CC1c1nnc2cnc3[nH]ccc3n12. The highest BCUT2D eigenvalue weighted by Gasteiger charge is 2.38. The number of hydrogen-bond acceptors (Lipinski definition) is 6. The summed E-state index contributed by atoms with van der Waals surface area (Å²) >= 11 is 0. The van der Waals surface area contributed by atoms with E-state index in [1.165, 1.54) is 0 Å². The van der Waals surface area contributed by atoms with Crippen molar-refractivity contribution in [2.24, 2.45) is 11.8 Å². The first-order valence-electron chi connectivity index (χ1n) is 11.1. The lowest BCUT2D eigenvalue weighted by Crippen LogP contribution is -2.39. The normalized spacial score (nSPS) is 21.5. The van der Waals surface area contributed by atoms with E-state index in [4.69, 9.17) is 0 Å². The highest BCUT2D eigenvalue weighted by molar-refractivity contribution is 5.74. The lowest BCUT2D eigenvalue weighted by Gasteiger charge is -2.17. The van der Waals surface area contributed by atoms with E-state index in [9.17, 15) is 22.8 Å². The number of aromatic amines is 1. The number of alkyl halides is 3. The Bertz CT molecular complexity index is 1380. The van der Waals surface area contributed by atoms with Gasteiger partial charge in [0.05, 0.1) is 23.8 Å². The van der Waals surface area contributed by atoms with Gasteiger partial charge in [-0.05, 0) is 37.2 Å². The van der Waals surface area contributed by atoms with Gasteiger partial charge in [-0.15, -0.1) is 10.2 Å². The van der Waals surface area contributed by atoms with Crippen LogP contribution in [-0.4, -0.2) is 37.3 Å². The Hall–Kier alpha value is -3.24. The largest absolute Gasteiger partial charge is 0.390 e. The van der Waals surface area contributed by atoms with E-state index >= 15 is 0 Å². The molecule has 0 aliphatic heterocycles. The summed E-state index contributed by atoms with van der Waals surface area (Å²) in [6, 6.07) is 1.93. The third kappa shape index (κ3) is 3.79. The Kier molecular flexibility index (Phi) is 5.21. The Labute approximate surface area is 185 Å². The number of nitrogens with one attached hydrogen (secondary N) is 2. The number of halogens is 3. The summed E-state index contributed by atoms with van der Waals surface area (Å²) in [7, 11) is 0. The van der Waals surface area contributed by atoms with Gasteiger partial charge in [0, 0.05) is 24.2 Å². The van der Waals surface area contributed by atoms with Gasteiger partial charge in [-0.2, -0.15) is 13.2 Å². The van der Waals surface area contributed by atoms with Crippen molar-refractivity contribution in [2.75, 3.05) is 11.9 Å². The molecule has 1 aromatic carbocycles. The smallest absolute Gasteiger partial charge is 0.381 e. The molecule has 11 heteroatoms. The average Bonchev–Trinajstić information content (AvgIpc) is 3.50. The Morgan fingerprint density at radius 2 is 2.03 bits per heavy atom. The maximum atomic E-state index is 12.4. The molecular formula is C22H23F3N6O2. The van der Waals surface area contributed by atoms with Crippen LogP contribution in [0.25, 0.3) is 16.8 Å². The quantitative estimate of drug-likeness (QED) is 0.410. The first-order valence-corrected chi connectivity index (χ1v) is 11.1. The van der Waals surface area contributed by atoms with Crippen molar-refractivity contribution in [1.29, 1.82) is 0 Å². The predicted octanol–water partition coefficient (Wildman–Crippen LogP) is 3.33. The molecule has 0 saturated heterocycles. The Balaban J connectivity index is 1.37. The molecule has 5 rings (SSSR count). The number of nitrogens with zero attached hydrogens (tertiary/aromatic N) is 4. The molecule has 3 aromatic heterocycles. The topological polar surface area (TPSA) is 105 Å². The van der Waals surface area contributed by atoms with Crippen LogP contribution in [0.5, 0.6) is 0 Å². The van der Waals surface area contributed by atoms with E-state index in [1.54, 1.807) is 6.20 Å². The van der Waals surface area contributed by atoms with E-state index in [0.29, 0.717) is 23.5 Å². The molecule has 8 nitrogen and oxygen atoms in total. The van der Waals surface area contributed by atoms with Crippen LogP contribution in [0, 0.1) is 11.8 Å². The van der Waals surface area contributed by atoms with Crippen LogP contribution in [0.2, 0.25) is 0 Å². The fourth-order valence-corrected chi connectivity index (χ4v) is 5.25. The van der Waals surface area contributed by atoms with Crippen molar-refractivity contribution in [3.05, 3.63) is 50.3 Å². The molecule has 0 bridgehead atoms. The molecule has 1 unspecified atom stereocenters. The highest BCUT2D eigenvalue weighted by atomic mass is 19.4. The van der Waals surface area contributed by atoms with Crippen molar-refractivity contribution in [1.82, 2.24) is 24.6 Å². The molecule has 1 fully saturated rings. The van der Waals surface area contributed by atoms with Gasteiger partial charge in [-0.25, -0.2) is 4.98 Å². The van der Waals surface area contributed by atoms with Gasteiger partial charge in [0.15, 0.2) is 11.3 Å². The van der Waals surface area contributed by atoms with Crippen molar-refractivity contribution < 1.29 is 13.2 Å². The van der Waals surface area contributed by atoms with Crippen molar-refractivity contribution >= 4 is 22.5 Å². The number of hydrogen-bond donors (Lipinski definition) is 2. The average molecular weight is 460 g/mol. The number of aromatic nitrogens is 5. The molecule has 33 heavy (non-hydrogen) atoms. The molecule has 1 saturated carbocycles. The van der Waals surface area contributed by atoms with Gasteiger partial charge in [-0.1, -0.05) is 13.3 Å². The van der Waals surface area contributed by atoms with Crippen LogP contribution in [0.1, 0.15) is 49.9 Å². The number of anilines is 1. The summed E-state index contributed by atoms with van der Waals surface area (Å²) in [6.07, 6.45) is 1.01. The van der Waals surface area contributed by atoms with Gasteiger partial charge in [-0.3, -0.25) is 14.0 Å². The Morgan fingerprint density at radius 3 is 2.79 bits per heavy atom. The summed E-state index contributed by atoms with van der Waals surface area (Å²) in [5, 5.41) is 11.3. The molecule has 1 aliphatic carbocycles. The first kappa shape index (κ1) is 21.6. The second-order valence-electron chi connectivity index (χ2n) is 8.84. The summed E-state index contributed by atoms with van der Waals surface area (Å²) in [5.74, 6) is 1.41. The lowest BCUT2D eigenvalue weighted by atomic mass is 9.92. The summed E-state index contributed by atoms with van der Waals surface area (Å²) < 4.78 is 39.4. The van der Waals surface area contributed by atoms with Crippen molar-refractivity contribution in [3.63, 3.8) is 0 Å². The second kappa shape index (κ2) is 7.96. The van der Waals surface area contributed by atoms with Crippen LogP contribution in [0.15, 0.2) is 28.0 Å². The molecule has 0 spiro atoms. The van der Waals surface area contributed by atoms with Crippen LogP contribution < -0.4 is 16.2 Å². The second-order valence-corrected chi connectivity index (χ2v) is 8.84. The Morgan fingerprint density at radius 1 is 1.21 bits per heavy atom. The maximum Gasteiger partial charge on any atom is 0.390 e. The molecular weight excluding hydrogens is 437 g/mol. The first-order chi connectivity index (χ1) is 15.8. The lowest BCUT2D eigenvalue weighted by molar-refractivity contribution is -0.131. The molecule has 4 aromatic rings. The van der Waals surface area contributed by atoms with Gasteiger partial charge >= 0.3 is 6.18 Å². The predicted molar refractivity (Wildman–Crippen MR) is 116 cm³/mol. The van der Waals surface area contributed by atoms with Crippen LogP contribution in [0.4, 0.5) is 18.9 Å². The van der Waals surface area contributed by atoms with E-state index in [-0.39, 0.29) is 17.5 Å². The van der Waals surface area contributed by atoms with E-state index in [2.05, 4.69) is 32.4 Å². The third-order valence-electron chi connectivity index (χ3n) is 6.83. The molecule has 0 amide bonds. The minimum absolute atomic E-state index is 0.0498. The molecule has 0 radical (unpaired) electrons. The van der Waals surface area contributed by atoms with E-state index in [0.717, 1.165) is 36.3 Å². The zero-order valence-corrected chi connectivity index (χ0v) is 17.9. The molecule has 1 aliphatic rings. The number of H-pyrrole nitrogens is 1. The molecule has 3 heterocycles. The molecule has 3 atom stereocenters. The summed E-state index contributed by atoms with van der Waals surface area (Å²) in [6.45, 7) is 1.69. The fourth-order valence-electron chi connectivity index (χ4n) is 5.25. The van der Waals surface area contributed by atoms with Crippen molar-refractivity contribution in [3.8, 4) is 0 Å². The molecule has 2 N–H and O–H groups in total. The molecule has 174 valence electrons. The van der Waals surface area contributed by atoms with Crippen LogP contribution in [0.3, 0.4) is 0 Å². The van der Waals surface area contributed by atoms with Gasteiger partial charge in [0.25, 0.3) is 0 Å². The van der Waals surface area contributed by atoms with Crippen LogP contribution in [-0.2, 0) is 6.42 Å². The van der Waals surface area contributed by atoms with E-state index < -0.39 is 30.0 Å². The number of rotatable bonds is 7. The number of fused-ring (bicyclic) bond motifs is 3. The highest BCUT2D eigenvalue weighted by Crippen LogP contribution is 2.45. The third-order valence-corrected chi connectivity index (χ3v) is 6.83. The van der Waals surface area contributed by atoms with Crippen LogP contribution >= 0.6 is 0 Å². The van der Waals surface area contributed by atoms with E-state index in [1.807, 2.05) is 16.7 Å². The zero-order chi connectivity index (χ0) is 23.3. The minimum Gasteiger partial charge on any atom is -0.381 e. The monoisotopic (exact) mass is 460 g/mol. The van der Waals surface area contributed by atoms with Gasteiger partial charge in [0.1, 0.15) is 5.82 Å². The van der Waals surface area contributed by atoms with Gasteiger partial charge in [0.2, 0.25) is 10.9 Å².